The van der Waals surface area contributed by atoms with Crippen molar-refractivity contribution in [3.8, 4) is 0 Å². The van der Waals surface area contributed by atoms with E-state index in [1.807, 2.05) is 0 Å². The minimum Gasteiger partial charge on any atom is -0.339 e. The molecular formula is C19H12Cl5N5O2. The third kappa shape index (κ3) is 4.77. The fourth-order valence-corrected chi connectivity index (χ4v) is 4.27. The maximum absolute atomic E-state index is 13.2. The second-order valence-corrected chi connectivity index (χ2v) is 8.44. The van der Waals surface area contributed by atoms with Crippen LogP contribution < -0.4 is 10.4 Å². The molecule has 1 aromatic heterocycles. The Bertz CT molecular complexity index is 1150. The highest BCUT2D eigenvalue weighted by molar-refractivity contribution is 6.43. The third-order valence-corrected chi connectivity index (χ3v) is 5.56. The monoisotopic (exact) mass is 517 g/mol. The minimum absolute atomic E-state index is 0.0569. The Labute approximate surface area is 202 Å². The van der Waals surface area contributed by atoms with Gasteiger partial charge in [-0.25, -0.2) is 15.0 Å². The summed E-state index contributed by atoms with van der Waals surface area (Å²) < 4.78 is 7.48. The number of hydrogen-bond acceptors (Lipinski definition) is 4. The molecule has 0 saturated carbocycles. The number of amidine groups is 1. The Balaban J connectivity index is 1.72. The van der Waals surface area contributed by atoms with E-state index in [-0.39, 0.29) is 28.3 Å². The first-order chi connectivity index (χ1) is 14.8. The van der Waals surface area contributed by atoms with Gasteiger partial charge >= 0.3 is 0 Å². The average Bonchev–Trinajstić information content (AvgIpc) is 3.31. The van der Waals surface area contributed by atoms with Gasteiger partial charge in [0, 0.05) is 22.4 Å². The van der Waals surface area contributed by atoms with Gasteiger partial charge in [0.25, 0.3) is 5.91 Å². The summed E-state index contributed by atoms with van der Waals surface area (Å²) in [5, 5.41) is 2.62. The molecule has 1 aliphatic heterocycles. The Hall–Kier alpha value is -2.00. The van der Waals surface area contributed by atoms with E-state index in [1.165, 1.54) is 17.1 Å². The van der Waals surface area contributed by atoms with E-state index in [0.29, 0.717) is 20.8 Å². The van der Waals surface area contributed by atoms with E-state index in [1.54, 1.807) is 41.5 Å². The van der Waals surface area contributed by atoms with Crippen molar-refractivity contribution in [3.05, 3.63) is 74.2 Å². The first-order valence-corrected chi connectivity index (χ1v) is 10.6. The molecule has 1 N–H and O–H groups in total. The number of halogens is 5. The number of ether oxygens (including phenoxy) is 1. The molecule has 31 heavy (non-hydrogen) atoms. The van der Waals surface area contributed by atoms with Crippen LogP contribution in [0.5, 0.6) is 0 Å². The van der Waals surface area contributed by atoms with Crippen molar-refractivity contribution >= 4 is 81.1 Å². The molecule has 3 aromatic rings. The lowest BCUT2D eigenvalue weighted by molar-refractivity contribution is -0.126. The van der Waals surface area contributed by atoms with Crippen molar-refractivity contribution < 1.29 is 9.53 Å². The zero-order valence-corrected chi connectivity index (χ0v) is 19.2. The predicted octanol–water partition coefficient (Wildman–Crippen LogP) is 5.77. The van der Waals surface area contributed by atoms with E-state index in [9.17, 15) is 4.79 Å². The molecule has 7 nitrogen and oxygen atoms in total. The topological polar surface area (TPSA) is 71.8 Å². The lowest BCUT2D eigenvalue weighted by Crippen LogP contribution is -2.36. The summed E-state index contributed by atoms with van der Waals surface area (Å²) in [7, 11) is 0. The van der Waals surface area contributed by atoms with E-state index >= 15 is 0 Å². The molecule has 0 spiro atoms. The lowest BCUT2D eigenvalue weighted by Gasteiger charge is -2.19. The van der Waals surface area contributed by atoms with Crippen molar-refractivity contribution in [2.24, 2.45) is 4.99 Å². The van der Waals surface area contributed by atoms with Gasteiger partial charge in [0.2, 0.25) is 0 Å². The number of amides is 1. The van der Waals surface area contributed by atoms with Crippen LogP contribution in [0, 0.1) is 0 Å². The maximum atomic E-state index is 13.2. The number of nitrogens with zero attached hydrogens (tertiary/aromatic N) is 4. The Kier molecular flexibility index (Phi) is 6.62. The average molecular weight is 520 g/mol. The maximum Gasteiger partial charge on any atom is 0.282 e. The van der Waals surface area contributed by atoms with Crippen molar-refractivity contribution in [1.29, 1.82) is 0 Å². The van der Waals surface area contributed by atoms with Crippen LogP contribution in [0.1, 0.15) is 0 Å². The number of aromatic nitrogens is 2. The van der Waals surface area contributed by atoms with Crippen molar-refractivity contribution in [1.82, 2.24) is 15.0 Å². The number of carbonyl (C=O) groups excluding carboxylic acids is 1. The predicted molar refractivity (Wildman–Crippen MR) is 123 cm³/mol. The van der Waals surface area contributed by atoms with E-state index in [4.69, 9.17) is 62.7 Å². The number of rotatable bonds is 5. The molecule has 4 rings (SSSR count). The Morgan fingerprint density at radius 2 is 1.74 bits per heavy atom. The van der Waals surface area contributed by atoms with E-state index in [0.717, 1.165) is 0 Å². The summed E-state index contributed by atoms with van der Waals surface area (Å²) >= 11 is 30.8. The van der Waals surface area contributed by atoms with Gasteiger partial charge in [-0.2, -0.15) is 0 Å². The number of carbonyl (C=O) groups is 1. The molecule has 1 fully saturated rings. The number of imidazole rings is 1. The molecule has 0 bridgehead atoms. The number of anilines is 1. The second kappa shape index (κ2) is 9.24. The second-order valence-electron chi connectivity index (χ2n) is 6.35. The molecule has 0 radical (unpaired) electrons. The molecular weight excluding hydrogens is 508 g/mol. The largest absolute Gasteiger partial charge is 0.339 e. The van der Waals surface area contributed by atoms with Crippen LogP contribution in [0.15, 0.2) is 54.0 Å². The van der Waals surface area contributed by atoms with Crippen LogP contribution in [-0.4, -0.2) is 27.4 Å². The standard InChI is InChI=1S/C19H12Cl5N5O2/c20-10-1-2-15(12(22)5-10)26-18-17(31-9-28-4-3-25-8-28)19(30)29(27-18)16-13(23)6-11(21)7-14(16)24/h1-8,17H,9H2,(H,26,27). The Morgan fingerprint density at radius 3 is 2.39 bits per heavy atom. The zero-order chi connectivity index (χ0) is 22.1. The number of aliphatic imine (C=N–C) groups is 1. The fourth-order valence-electron chi connectivity index (χ4n) is 2.84. The molecule has 0 aliphatic carbocycles. The van der Waals surface area contributed by atoms with Crippen molar-refractivity contribution in [2.75, 3.05) is 5.01 Å². The van der Waals surface area contributed by atoms with E-state index < -0.39 is 12.0 Å². The van der Waals surface area contributed by atoms with Gasteiger partial charge in [0.1, 0.15) is 12.4 Å². The SMILES string of the molecule is O=C1C(OCn2ccnc2)C(=Nc2ccc(Cl)cc2Cl)NN1c1c(Cl)cc(Cl)cc1Cl. The molecule has 1 saturated heterocycles. The quantitative estimate of drug-likeness (QED) is 0.464. The minimum atomic E-state index is -1.09. The van der Waals surface area contributed by atoms with Crippen LogP contribution >= 0.6 is 58.0 Å². The van der Waals surface area contributed by atoms with Crippen LogP contribution in [0.2, 0.25) is 25.1 Å². The number of hydrogen-bond donors (Lipinski definition) is 1. The molecule has 2 heterocycles. The van der Waals surface area contributed by atoms with Crippen molar-refractivity contribution in [2.45, 2.75) is 12.8 Å². The van der Waals surface area contributed by atoms with Crippen LogP contribution in [0.25, 0.3) is 0 Å². The van der Waals surface area contributed by atoms with E-state index in [2.05, 4.69) is 15.4 Å². The summed E-state index contributed by atoms with van der Waals surface area (Å²) in [6.07, 6.45) is 3.77. The van der Waals surface area contributed by atoms with Gasteiger partial charge in [0.15, 0.2) is 11.9 Å². The molecule has 160 valence electrons. The van der Waals surface area contributed by atoms with Gasteiger partial charge in [-0.05, 0) is 30.3 Å². The normalized spacial score (nSPS) is 17.5. The van der Waals surface area contributed by atoms with Crippen LogP contribution in [0.3, 0.4) is 0 Å². The molecule has 12 heteroatoms. The molecule has 1 unspecified atom stereocenters. The van der Waals surface area contributed by atoms with Crippen molar-refractivity contribution in [3.63, 3.8) is 0 Å². The molecule has 1 atom stereocenters. The lowest BCUT2D eigenvalue weighted by atomic mass is 10.2. The summed E-state index contributed by atoms with van der Waals surface area (Å²) in [5.74, 6) is -0.286. The molecule has 2 aromatic carbocycles. The summed E-state index contributed by atoms with van der Waals surface area (Å²) in [6.45, 7) is 0.0569. The number of nitrogens with one attached hydrogen (secondary N) is 1. The van der Waals surface area contributed by atoms with Gasteiger partial charge in [-0.15, -0.1) is 0 Å². The van der Waals surface area contributed by atoms with Crippen LogP contribution in [-0.2, 0) is 16.3 Å². The number of hydrazine groups is 1. The Morgan fingerprint density at radius 1 is 1.03 bits per heavy atom. The molecule has 1 amide bonds. The molecule has 1 aliphatic rings. The van der Waals surface area contributed by atoms with Gasteiger partial charge in [-0.3, -0.25) is 10.2 Å². The van der Waals surface area contributed by atoms with Gasteiger partial charge < -0.3 is 9.30 Å². The fraction of sp³-hybridized carbons (Fsp3) is 0.105. The summed E-state index contributed by atoms with van der Waals surface area (Å²) in [4.78, 5) is 21.6. The zero-order valence-electron chi connectivity index (χ0n) is 15.4. The third-order valence-electron chi connectivity index (χ3n) is 4.22. The first kappa shape index (κ1) is 22.2. The first-order valence-electron chi connectivity index (χ1n) is 8.69. The summed E-state index contributed by atoms with van der Waals surface area (Å²) in [5.41, 5.74) is 3.53. The summed E-state index contributed by atoms with van der Waals surface area (Å²) in [6, 6.07) is 7.76. The number of benzene rings is 2. The smallest absolute Gasteiger partial charge is 0.282 e. The highest BCUT2D eigenvalue weighted by atomic mass is 35.5. The highest BCUT2D eigenvalue weighted by Crippen LogP contribution is 2.38. The highest BCUT2D eigenvalue weighted by Gasteiger charge is 2.41. The van der Waals surface area contributed by atoms with Gasteiger partial charge in [-0.1, -0.05) is 58.0 Å². The van der Waals surface area contributed by atoms with Gasteiger partial charge in [0.05, 0.1) is 27.1 Å². The van der Waals surface area contributed by atoms with Crippen LogP contribution in [0.4, 0.5) is 11.4 Å².